The molecule has 0 amide bonds. The van der Waals surface area contributed by atoms with E-state index in [-0.39, 0.29) is 0 Å². The summed E-state index contributed by atoms with van der Waals surface area (Å²) in [7, 11) is 0. The van der Waals surface area contributed by atoms with E-state index in [0.717, 1.165) is 32.3 Å². The van der Waals surface area contributed by atoms with Crippen LogP contribution in [0.2, 0.25) is 0 Å². The number of hydrogen-bond acceptors (Lipinski definition) is 1. The zero-order valence-electron chi connectivity index (χ0n) is 13.3. The van der Waals surface area contributed by atoms with Gasteiger partial charge >= 0.3 is 0 Å². The van der Waals surface area contributed by atoms with Gasteiger partial charge in [0, 0.05) is 30.7 Å². The van der Waals surface area contributed by atoms with Crippen molar-refractivity contribution in [1.29, 1.82) is 0 Å². The van der Waals surface area contributed by atoms with Crippen molar-refractivity contribution < 1.29 is 4.74 Å². The van der Waals surface area contributed by atoms with Gasteiger partial charge in [0.15, 0.2) is 0 Å². The van der Waals surface area contributed by atoms with Gasteiger partial charge in [0.2, 0.25) is 0 Å². The van der Waals surface area contributed by atoms with Crippen molar-refractivity contribution in [3.05, 3.63) is 0 Å². The second kappa shape index (κ2) is 11.9. The van der Waals surface area contributed by atoms with Crippen molar-refractivity contribution in [1.82, 2.24) is 0 Å². The normalized spacial score (nSPS) is 39.3. The van der Waals surface area contributed by atoms with Gasteiger partial charge in [-0.25, -0.2) is 0 Å². The van der Waals surface area contributed by atoms with Gasteiger partial charge in [-0.2, -0.15) is 0 Å². The fourth-order valence-corrected chi connectivity index (χ4v) is 5.35. The van der Waals surface area contributed by atoms with E-state index in [9.17, 15) is 0 Å². The summed E-state index contributed by atoms with van der Waals surface area (Å²) in [6, 6.07) is 0. The second-order valence-electron chi connectivity index (χ2n) is 6.58. The molecule has 0 bridgehead atoms. The van der Waals surface area contributed by atoms with Crippen LogP contribution in [0.4, 0.5) is 0 Å². The van der Waals surface area contributed by atoms with E-state index in [1.807, 2.05) is 0 Å². The molecule has 1 rings (SSSR count). The van der Waals surface area contributed by atoms with Crippen LogP contribution in [0.15, 0.2) is 0 Å². The molecular formula is C16H27Br5O. The number of ether oxygens (including phenoxy) is 1. The number of halogens is 5. The first-order valence-electron chi connectivity index (χ1n) is 8.13. The Labute approximate surface area is 178 Å². The molecule has 0 radical (unpaired) electrons. The monoisotopic (exact) mass is 630 g/mol. The lowest BCUT2D eigenvalue weighted by atomic mass is 9.99. The van der Waals surface area contributed by atoms with E-state index in [4.69, 9.17) is 4.74 Å². The fourth-order valence-electron chi connectivity index (χ4n) is 2.55. The molecule has 0 spiro atoms. The van der Waals surface area contributed by atoms with E-state index in [2.05, 4.69) is 93.5 Å². The van der Waals surface area contributed by atoms with Crippen molar-refractivity contribution in [2.75, 3.05) is 6.61 Å². The number of rotatable bonds is 3. The maximum atomic E-state index is 6.20. The Morgan fingerprint density at radius 2 is 1.05 bits per heavy atom. The largest absolute Gasteiger partial charge is 0.377 e. The van der Waals surface area contributed by atoms with Crippen molar-refractivity contribution in [3.63, 3.8) is 0 Å². The molecule has 0 saturated heterocycles. The molecule has 132 valence electrons. The standard InChI is InChI=1S/C16H27Br5O/c1-10(2)9-22-16-8-7-14(20)12(18)4-3-11(17)13(19)5-6-15(16)21/h10-16H,3-9H2,1-2H3/t11-,12-,13+,14+,15-,16?/m0/s1. The average molecular weight is 635 g/mol. The number of hydrogen-bond donors (Lipinski definition) is 0. The maximum absolute atomic E-state index is 6.20. The number of alkyl halides is 5. The van der Waals surface area contributed by atoms with Crippen molar-refractivity contribution in [2.45, 2.75) is 82.6 Å². The molecule has 0 aromatic carbocycles. The van der Waals surface area contributed by atoms with Crippen LogP contribution in [-0.4, -0.2) is 36.8 Å². The van der Waals surface area contributed by atoms with Gasteiger partial charge < -0.3 is 4.74 Å². The van der Waals surface area contributed by atoms with Gasteiger partial charge in [0.25, 0.3) is 0 Å². The summed E-state index contributed by atoms with van der Waals surface area (Å²) in [6.45, 7) is 5.27. The molecule has 0 aromatic rings. The summed E-state index contributed by atoms with van der Waals surface area (Å²) in [5, 5.41) is 0. The SMILES string of the molecule is CC(C)COC1CC[C@@H](Br)[C@@H](Br)CC[C@H](Br)[C@H](Br)CC[C@@H]1Br. The maximum Gasteiger partial charge on any atom is 0.0700 e. The summed E-state index contributed by atoms with van der Waals surface area (Å²) >= 11 is 19.3. The van der Waals surface area contributed by atoms with Crippen LogP contribution in [-0.2, 0) is 4.74 Å². The van der Waals surface area contributed by atoms with Crippen LogP contribution in [0, 0.1) is 5.92 Å². The lowest BCUT2D eigenvalue weighted by molar-refractivity contribution is 0.0278. The van der Waals surface area contributed by atoms with Crippen LogP contribution in [0.25, 0.3) is 0 Å². The third kappa shape index (κ3) is 8.64. The van der Waals surface area contributed by atoms with E-state index in [1.165, 1.54) is 12.8 Å². The molecule has 1 aliphatic rings. The minimum absolute atomic E-state index is 0.301. The molecule has 1 unspecified atom stereocenters. The predicted molar refractivity (Wildman–Crippen MR) is 116 cm³/mol. The molecule has 0 heterocycles. The van der Waals surface area contributed by atoms with Crippen LogP contribution in [0.5, 0.6) is 0 Å². The molecular weight excluding hydrogens is 608 g/mol. The topological polar surface area (TPSA) is 9.23 Å². The van der Waals surface area contributed by atoms with Gasteiger partial charge in [-0.15, -0.1) is 0 Å². The summed E-state index contributed by atoms with van der Waals surface area (Å²) in [4.78, 5) is 2.50. The molecule has 1 aliphatic carbocycles. The van der Waals surface area contributed by atoms with Crippen molar-refractivity contribution in [2.24, 2.45) is 5.92 Å². The Morgan fingerprint density at radius 1 is 0.682 bits per heavy atom. The minimum Gasteiger partial charge on any atom is -0.377 e. The third-order valence-electron chi connectivity index (χ3n) is 4.00. The van der Waals surface area contributed by atoms with Gasteiger partial charge in [0.1, 0.15) is 0 Å². The highest BCUT2D eigenvalue weighted by molar-refractivity contribution is 9.12. The zero-order valence-corrected chi connectivity index (χ0v) is 21.2. The molecule has 6 atom stereocenters. The Kier molecular flexibility index (Phi) is 12.1. The minimum atomic E-state index is 0.301. The highest BCUT2D eigenvalue weighted by atomic mass is 79.9. The van der Waals surface area contributed by atoms with Gasteiger partial charge in [-0.1, -0.05) is 93.5 Å². The third-order valence-corrected chi connectivity index (χ3v) is 10.8. The van der Waals surface area contributed by atoms with Crippen molar-refractivity contribution in [3.8, 4) is 0 Å². The molecule has 0 N–H and O–H groups in total. The molecule has 1 fully saturated rings. The zero-order chi connectivity index (χ0) is 16.7. The molecule has 6 heteroatoms. The van der Waals surface area contributed by atoms with E-state index in [0.29, 0.717) is 36.2 Å². The Hall–Kier alpha value is 2.36. The summed E-state index contributed by atoms with van der Waals surface area (Å²) in [5.74, 6) is 0.584. The lowest BCUT2D eigenvalue weighted by Crippen LogP contribution is -2.30. The molecule has 22 heavy (non-hydrogen) atoms. The Bertz CT molecular complexity index is 302. The van der Waals surface area contributed by atoms with Crippen molar-refractivity contribution >= 4 is 79.6 Å². The first-order chi connectivity index (χ1) is 10.3. The van der Waals surface area contributed by atoms with Crippen LogP contribution >= 0.6 is 79.6 Å². The summed E-state index contributed by atoms with van der Waals surface area (Å²) < 4.78 is 6.20. The van der Waals surface area contributed by atoms with Gasteiger partial charge in [0.05, 0.1) is 6.10 Å². The highest BCUT2D eigenvalue weighted by Crippen LogP contribution is 2.33. The van der Waals surface area contributed by atoms with E-state index < -0.39 is 0 Å². The smallest absolute Gasteiger partial charge is 0.0700 e. The van der Waals surface area contributed by atoms with Crippen LogP contribution in [0.3, 0.4) is 0 Å². The van der Waals surface area contributed by atoms with Crippen LogP contribution < -0.4 is 0 Å². The molecule has 0 aliphatic heterocycles. The Balaban J connectivity index is 2.69. The van der Waals surface area contributed by atoms with E-state index >= 15 is 0 Å². The quantitative estimate of drug-likeness (QED) is 0.299. The lowest BCUT2D eigenvalue weighted by Gasteiger charge is -2.29. The summed E-state index contributed by atoms with van der Waals surface area (Å²) in [5.41, 5.74) is 0. The fraction of sp³-hybridized carbons (Fsp3) is 1.00. The molecule has 0 aromatic heterocycles. The molecule has 1 nitrogen and oxygen atoms in total. The molecule has 1 saturated carbocycles. The Morgan fingerprint density at radius 3 is 1.45 bits per heavy atom. The second-order valence-corrected chi connectivity index (χ2v) is 12.5. The summed E-state index contributed by atoms with van der Waals surface area (Å²) in [6.07, 6.45) is 7.23. The first-order valence-corrected chi connectivity index (χ1v) is 12.7. The predicted octanol–water partition coefficient (Wildman–Crippen LogP) is 7.20. The van der Waals surface area contributed by atoms with Gasteiger partial charge in [-0.05, 0) is 44.4 Å². The highest BCUT2D eigenvalue weighted by Gasteiger charge is 2.27. The average Bonchev–Trinajstić information content (AvgIpc) is 2.47. The van der Waals surface area contributed by atoms with E-state index in [1.54, 1.807) is 0 Å². The van der Waals surface area contributed by atoms with Crippen LogP contribution in [0.1, 0.15) is 52.4 Å². The first kappa shape index (κ1) is 22.4. The van der Waals surface area contributed by atoms with Gasteiger partial charge in [-0.3, -0.25) is 0 Å².